The van der Waals surface area contributed by atoms with Crippen LogP contribution in [0.1, 0.15) is 40.1 Å². The Labute approximate surface area is 129 Å². The molecule has 0 spiro atoms. The SMILES string of the molecule is O=C(C[C@@H]1CCCN1C(=O)c1cnccn1)c1ccccc1. The van der Waals surface area contributed by atoms with Crippen LogP contribution in [0.4, 0.5) is 0 Å². The van der Waals surface area contributed by atoms with Crippen LogP contribution in [-0.2, 0) is 0 Å². The molecule has 22 heavy (non-hydrogen) atoms. The summed E-state index contributed by atoms with van der Waals surface area (Å²) in [5.74, 6) is -0.0686. The molecule has 0 aliphatic carbocycles. The number of hydrogen-bond acceptors (Lipinski definition) is 4. The molecule has 1 amide bonds. The number of hydrogen-bond donors (Lipinski definition) is 0. The van der Waals surface area contributed by atoms with E-state index in [-0.39, 0.29) is 17.7 Å². The van der Waals surface area contributed by atoms with Crippen molar-refractivity contribution in [1.82, 2.24) is 14.9 Å². The van der Waals surface area contributed by atoms with Gasteiger partial charge in [-0.05, 0) is 12.8 Å². The first kappa shape index (κ1) is 14.4. The van der Waals surface area contributed by atoms with E-state index in [1.807, 2.05) is 30.3 Å². The third kappa shape index (κ3) is 3.03. The summed E-state index contributed by atoms with van der Waals surface area (Å²) in [5, 5.41) is 0. The van der Waals surface area contributed by atoms with Crippen LogP contribution in [0.2, 0.25) is 0 Å². The second kappa shape index (κ2) is 6.47. The number of likely N-dealkylation sites (tertiary alicyclic amines) is 1. The topological polar surface area (TPSA) is 63.2 Å². The zero-order chi connectivity index (χ0) is 15.4. The number of rotatable bonds is 4. The third-order valence-electron chi connectivity index (χ3n) is 3.94. The Balaban J connectivity index is 1.71. The molecule has 2 heterocycles. The van der Waals surface area contributed by atoms with Crippen molar-refractivity contribution in [2.45, 2.75) is 25.3 Å². The predicted molar refractivity (Wildman–Crippen MR) is 81.5 cm³/mol. The first-order valence-corrected chi connectivity index (χ1v) is 7.41. The van der Waals surface area contributed by atoms with E-state index in [2.05, 4.69) is 9.97 Å². The number of carbonyl (C=O) groups is 2. The van der Waals surface area contributed by atoms with E-state index in [9.17, 15) is 9.59 Å². The van der Waals surface area contributed by atoms with E-state index in [4.69, 9.17) is 0 Å². The highest BCUT2D eigenvalue weighted by Crippen LogP contribution is 2.23. The molecule has 5 heteroatoms. The fourth-order valence-electron chi connectivity index (χ4n) is 2.83. The number of carbonyl (C=O) groups excluding carboxylic acids is 2. The molecule has 5 nitrogen and oxygen atoms in total. The van der Waals surface area contributed by atoms with Crippen molar-refractivity contribution in [1.29, 1.82) is 0 Å². The minimum atomic E-state index is -0.142. The van der Waals surface area contributed by atoms with Gasteiger partial charge in [0.2, 0.25) is 0 Å². The highest BCUT2D eigenvalue weighted by molar-refractivity contribution is 5.97. The molecule has 0 N–H and O–H groups in total. The molecular formula is C17H17N3O2. The van der Waals surface area contributed by atoms with Gasteiger partial charge in [-0.1, -0.05) is 30.3 Å². The molecule has 1 aromatic carbocycles. The Morgan fingerprint density at radius 3 is 2.73 bits per heavy atom. The Kier molecular flexibility index (Phi) is 4.23. The van der Waals surface area contributed by atoms with Crippen LogP contribution < -0.4 is 0 Å². The summed E-state index contributed by atoms with van der Waals surface area (Å²) in [4.78, 5) is 34.6. The number of ketones is 1. The van der Waals surface area contributed by atoms with Crippen LogP contribution in [0, 0.1) is 0 Å². The Bertz CT molecular complexity index is 658. The maximum Gasteiger partial charge on any atom is 0.274 e. The van der Waals surface area contributed by atoms with Crippen molar-refractivity contribution in [2.24, 2.45) is 0 Å². The fourth-order valence-corrected chi connectivity index (χ4v) is 2.83. The lowest BCUT2D eigenvalue weighted by Gasteiger charge is -2.23. The normalized spacial score (nSPS) is 17.5. The summed E-state index contributed by atoms with van der Waals surface area (Å²) in [5.41, 5.74) is 1.03. The van der Waals surface area contributed by atoms with Gasteiger partial charge < -0.3 is 4.90 Å². The van der Waals surface area contributed by atoms with Gasteiger partial charge in [-0.2, -0.15) is 0 Å². The van der Waals surface area contributed by atoms with Gasteiger partial charge in [0.15, 0.2) is 5.78 Å². The summed E-state index contributed by atoms with van der Waals surface area (Å²) in [6, 6.07) is 9.16. The lowest BCUT2D eigenvalue weighted by Crippen LogP contribution is -2.37. The number of amides is 1. The number of nitrogens with zero attached hydrogens (tertiary/aromatic N) is 3. The quantitative estimate of drug-likeness (QED) is 0.812. The van der Waals surface area contributed by atoms with Crippen LogP contribution in [0.25, 0.3) is 0 Å². The van der Waals surface area contributed by atoms with E-state index in [0.29, 0.717) is 24.2 Å². The Morgan fingerprint density at radius 2 is 2.00 bits per heavy atom. The summed E-state index contributed by atoms with van der Waals surface area (Å²) in [6.45, 7) is 0.669. The average molecular weight is 295 g/mol. The summed E-state index contributed by atoms with van der Waals surface area (Å²) in [7, 11) is 0. The first-order chi connectivity index (χ1) is 10.8. The summed E-state index contributed by atoms with van der Waals surface area (Å²) >= 11 is 0. The summed E-state index contributed by atoms with van der Waals surface area (Å²) < 4.78 is 0. The molecule has 1 atom stereocenters. The molecular weight excluding hydrogens is 278 g/mol. The van der Waals surface area contributed by atoms with Gasteiger partial charge in [-0.15, -0.1) is 0 Å². The molecule has 1 aromatic heterocycles. The average Bonchev–Trinajstić information content (AvgIpc) is 3.04. The second-order valence-corrected chi connectivity index (χ2v) is 5.38. The zero-order valence-corrected chi connectivity index (χ0v) is 12.2. The van der Waals surface area contributed by atoms with Crippen LogP contribution >= 0.6 is 0 Å². The van der Waals surface area contributed by atoms with Crippen molar-refractivity contribution in [2.75, 3.05) is 6.54 Å². The monoisotopic (exact) mass is 295 g/mol. The minimum absolute atomic E-state index is 0.0535. The van der Waals surface area contributed by atoms with Crippen LogP contribution in [0.5, 0.6) is 0 Å². The van der Waals surface area contributed by atoms with Crippen LogP contribution in [-0.4, -0.2) is 39.1 Å². The van der Waals surface area contributed by atoms with E-state index in [1.165, 1.54) is 18.6 Å². The number of benzene rings is 1. The van der Waals surface area contributed by atoms with Gasteiger partial charge in [0.25, 0.3) is 5.91 Å². The number of aromatic nitrogens is 2. The van der Waals surface area contributed by atoms with Crippen molar-refractivity contribution >= 4 is 11.7 Å². The molecule has 3 rings (SSSR count). The van der Waals surface area contributed by atoms with Crippen LogP contribution in [0.3, 0.4) is 0 Å². The molecule has 0 unspecified atom stereocenters. The second-order valence-electron chi connectivity index (χ2n) is 5.38. The van der Waals surface area contributed by atoms with Crippen molar-refractivity contribution in [3.63, 3.8) is 0 Å². The van der Waals surface area contributed by atoms with Crippen molar-refractivity contribution in [3.8, 4) is 0 Å². The molecule has 0 radical (unpaired) electrons. The van der Waals surface area contributed by atoms with E-state index in [0.717, 1.165) is 12.8 Å². The van der Waals surface area contributed by atoms with Crippen LogP contribution in [0.15, 0.2) is 48.9 Å². The molecule has 1 aliphatic rings. The molecule has 112 valence electrons. The highest BCUT2D eigenvalue weighted by Gasteiger charge is 2.31. The largest absolute Gasteiger partial charge is 0.334 e. The molecule has 0 saturated carbocycles. The van der Waals surface area contributed by atoms with Gasteiger partial charge in [0.05, 0.1) is 6.20 Å². The molecule has 1 saturated heterocycles. The highest BCUT2D eigenvalue weighted by atomic mass is 16.2. The van der Waals surface area contributed by atoms with E-state index in [1.54, 1.807) is 4.90 Å². The van der Waals surface area contributed by atoms with Gasteiger partial charge in [0, 0.05) is 37.0 Å². The maximum atomic E-state index is 12.5. The smallest absolute Gasteiger partial charge is 0.274 e. The lowest BCUT2D eigenvalue weighted by atomic mass is 10.0. The van der Waals surface area contributed by atoms with E-state index >= 15 is 0 Å². The molecule has 1 aliphatic heterocycles. The van der Waals surface area contributed by atoms with E-state index < -0.39 is 0 Å². The summed E-state index contributed by atoms with van der Waals surface area (Å²) in [6.07, 6.45) is 6.64. The minimum Gasteiger partial charge on any atom is -0.334 e. The fraction of sp³-hybridized carbons (Fsp3) is 0.294. The Morgan fingerprint density at radius 1 is 1.18 bits per heavy atom. The molecule has 2 aromatic rings. The molecule has 1 fully saturated rings. The van der Waals surface area contributed by atoms with Gasteiger partial charge in [0.1, 0.15) is 5.69 Å². The standard InChI is InChI=1S/C17H17N3O2/c21-16(13-5-2-1-3-6-13)11-14-7-4-10-20(14)17(22)15-12-18-8-9-19-15/h1-3,5-6,8-9,12,14H,4,7,10-11H2/t14-/m0/s1. The van der Waals surface area contributed by atoms with Crippen molar-refractivity contribution < 1.29 is 9.59 Å². The zero-order valence-electron chi connectivity index (χ0n) is 12.2. The van der Waals surface area contributed by atoms with Gasteiger partial charge in [-0.25, -0.2) is 4.98 Å². The van der Waals surface area contributed by atoms with Crippen molar-refractivity contribution in [3.05, 3.63) is 60.2 Å². The molecule has 0 bridgehead atoms. The first-order valence-electron chi connectivity index (χ1n) is 7.41. The Hall–Kier alpha value is -2.56. The predicted octanol–water partition coefficient (Wildman–Crippen LogP) is 2.35. The lowest BCUT2D eigenvalue weighted by molar-refractivity contribution is 0.0711. The maximum absolute atomic E-state index is 12.5. The van der Waals surface area contributed by atoms with Gasteiger partial charge in [-0.3, -0.25) is 14.6 Å². The van der Waals surface area contributed by atoms with Gasteiger partial charge >= 0.3 is 0 Å². The number of Topliss-reactive ketones (excluding diaryl/α,β-unsaturated/α-hetero) is 1. The third-order valence-corrected chi connectivity index (χ3v) is 3.94.